The summed E-state index contributed by atoms with van der Waals surface area (Å²) in [6, 6.07) is 15.6. The molecule has 1 aliphatic rings. The van der Waals surface area contributed by atoms with Crippen LogP contribution in [0.1, 0.15) is 22.3 Å². The fraction of sp³-hybridized carbons (Fsp3) is 0.273. The number of hydrogen-bond donors (Lipinski definition) is 1. The van der Waals surface area contributed by atoms with Gasteiger partial charge in [-0.05, 0) is 37.9 Å². The average molecular weight is 398 g/mol. The van der Waals surface area contributed by atoms with E-state index in [1.165, 1.54) is 5.56 Å². The first-order chi connectivity index (χ1) is 13.2. The zero-order valence-corrected chi connectivity index (χ0v) is 16.6. The van der Waals surface area contributed by atoms with E-state index in [9.17, 15) is 4.79 Å². The Morgan fingerprint density at radius 3 is 2.68 bits per heavy atom. The highest BCUT2D eigenvalue weighted by Gasteiger charge is 2.28. The fourth-order valence-corrected chi connectivity index (χ4v) is 3.49. The van der Waals surface area contributed by atoms with Crippen molar-refractivity contribution in [3.63, 3.8) is 0 Å². The number of oxazole rings is 1. The molecule has 1 fully saturated rings. The van der Waals surface area contributed by atoms with Crippen LogP contribution in [0.4, 0.5) is 0 Å². The molecule has 4 rings (SSSR count). The molecule has 0 bridgehead atoms. The van der Waals surface area contributed by atoms with Crippen LogP contribution < -0.4 is 5.73 Å². The van der Waals surface area contributed by atoms with E-state index in [2.05, 4.69) is 4.98 Å². The molecule has 1 atom stereocenters. The van der Waals surface area contributed by atoms with E-state index in [-0.39, 0.29) is 18.3 Å². The van der Waals surface area contributed by atoms with Gasteiger partial charge in [0.2, 0.25) is 5.89 Å². The second-order valence-electron chi connectivity index (χ2n) is 7.08. The van der Waals surface area contributed by atoms with Gasteiger partial charge in [-0.2, -0.15) is 0 Å². The Kier molecular flexibility index (Phi) is 6.17. The molecule has 1 unspecified atom stereocenters. The normalized spacial score (nSPS) is 16.1. The molecule has 0 aliphatic carbocycles. The summed E-state index contributed by atoms with van der Waals surface area (Å²) in [5.41, 5.74) is 9.25. The van der Waals surface area contributed by atoms with Gasteiger partial charge in [0.1, 0.15) is 0 Å². The number of likely N-dealkylation sites (tertiary alicyclic amines) is 1. The maximum atomic E-state index is 13.0. The minimum atomic E-state index is 0. The molecule has 3 aromatic rings. The molecule has 1 aromatic heterocycles. The minimum Gasteiger partial charge on any atom is -0.436 e. The first-order valence-electron chi connectivity index (χ1n) is 9.27. The third-order valence-corrected chi connectivity index (χ3v) is 5.14. The number of hydrogen-bond acceptors (Lipinski definition) is 4. The van der Waals surface area contributed by atoms with Crippen LogP contribution in [0.15, 0.2) is 59.1 Å². The molecule has 2 heterocycles. The predicted molar refractivity (Wildman–Crippen MR) is 112 cm³/mol. The van der Waals surface area contributed by atoms with Crippen molar-refractivity contribution in [2.75, 3.05) is 19.6 Å². The lowest BCUT2D eigenvalue weighted by Crippen LogP contribution is -2.30. The third kappa shape index (κ3) is 3.96. The minimum absolute atomic E-state index is 0. The zero-order valence-electron chi connectivity index (χ0n) is 15.8. The summed E-state index contributed by atoms with van der Waals surface area (Å²) in [6.07, 6.45) is 2.67. The Balaban J connectivity index is 0.00000225. The topological polar surface area (TPSA) is 72.4 Å². The number of benzene rings is 2. The Morgan fingerprint density at radius 1 is 1.21 bits per heavy atom. The smallest absolute Gasteiger partial charge is 0.254 e. The van der Waals surface area contributed by atoms with Gasteiger partial charge in [-0.25, -0.2) is 4.98 Å². The van der Waals surface area contributed by atoms with E-state index >= 15 is 0 Å². The summed E-state index contributed by atoms with van der Waals surface area (Å²) >= 11 is 0. The van der Waals surface area contributed by atoms with Crippen LogP contribution in [-0.4, -0.2) is 35.4 Å². The van der Waals surface area contributed by atoms with Crippen molar-refractivity contribution in [3.8, 4) is 22.8 Å². The van der Waals surface area contributed by atoms with E-state index in [1.54, 1.807) is 6.20 Å². The standard InChI is InChI=1S/C22H23N3O2.ClH/c1-15-6-8-17(9-7-15)20-13-24-21(27-20)18-4-2-3-5-19(18)22(26)25-11-10-16(12-23)14-25;/h2-9,13,16H,10-12,14,23H2,1H3;1H. The highest BCUT2D eigenvalue weighted by atomic mass is 35.5. The largest absolute Gasteiger partial charge is 0.436 e. The number of aryl methyl sites for hydroxylation is 1. The van der Waals surface area contributed by atoms with Gasteiger partial charge in [0.15, 0.2) is 5.76 Å². The van der Waals surface area contributed by atoms with Crippen molar-refractivity contribution in [3.05, 3.63) is 65.9 Å². The number of carbonyl (C=O) groups excluding carboxylic acids is 1. The summed E-state index contributed by atoms with van der Waals surface area (Å²) in [5.74, 6) is 1.55. The zero-order chi connectivity index (χ0) is 18.8. The van der Waals surface area contributed by atoms with Gasteiger partial charge in [0.05, 0.1) is 11.8 Å². The average Bonchev–Trinajstić information content (AvgIpc) is 3.38. The van der Waals surface area contributed by atoms with Crippen molar-refractivity contribution in [2.24, 2.45) is 11.7 Å². The molecule has 146 valence electrons. The molecule has 1 amide bonds. The van der Waals surface area contributed by atoms with Crippen molar-refractivity contribution >= 4 is 18.3 Å². The maximum Gasteiger partial charge on any atom is 0.254 e. The van der Waals surface area contributed by atoms with Gasteiger partial charge in [-0.15, -0.1) is 12.4 Å². The van der Waals surface area contributed by atoms with Crippen molar-refractivity contribution in [1.82, 2.24) is 9.88 Å². The van der Waals surface area contributed by atoms with Crippen LogP contribution in [0.3, 0.4) is 0 Å². The van der Waals surface area contributed by atoms with E-state index in [4.69, 9.17) is 10.2 Å². The van der Waals surface area contributed by atoms with Gasteiger partial charge in [-0.3, -0.25) is 4.79 Å². The molecule has 2 N–H and O–H groups in total. The number of amides is 1. The van der Waals surface area contributed by atoms with E-state index in [0.29, 0.717) is 36.2 Å². The number of nitrogens with zero attached hydrogens (tertiary/aromatic N) is 2. The lowest BCUT2D eigenvalue weighted by molar-refractivity contribution is 0.0788. The van der Waals surface area contributed by atoms with Gasteiger partial charge >= 0.3 is 0 Å². The van der Waals surface area contributed by atoms with Gasteiger partial charge < -0.3 is 15.1 Å². The van der Waals surface area contributed by atoms with Crippen LogP contribution in [0, 0.1) is 12.8 Å². The molecule has 6 heteroatoms. The van der Waals surface area contributed by atoms with E-state index < -0.39 is 0 Å². The van der Waals surface area contributed by atoms with E-state index in [1.807, 2.05) is 60.4 Å². The van der Waals surface area contributed by atoms with Gasteiger partial charge in [-0.1, -0.05) is 42.0 Å². The summed E-state index contributed by atoms with van der Waals surface area (Å²) in [5, 5.41) is 0. The Hall–Kier alpha value is -2.63. The first-order valence-corrected chi connectivity index (χ1v) is 9.27. The summed E-state index contributed by atoms with van der Waals surface area (Å²) in [7, 11) is 0. The molecule has 1 saturated heterocycles. The monoisotopic (exact) mass is 397 g/mol. The molecular formula is C22H24ClN3O2. The lowest BCUT2D eigenvalue weighted by Gasteiger charge is -2.17. The number of rotatable bonds is 4. The molecule has 0 spiro atoms. The van der Waals surface area contributed by atoms with Gasteiger partial charge in [0.25, 0.3) is 5.91 Å². The van der Waals surface area contributed by atoms with Crippen LogP contribution in [0.2, 0.25) is 0 Å². The second kappa shape index (κ2) is 8.59. The lowest BCUT2D eigenvalue weighted by atomic mass is 10.1. The molecule has 0 radical (unpaired) electrons. The Morgan fingerprint density at radius 2 is 1.96 bits per heavy atom. The molecule has 5 nitrogen and oxygen atoms in total. The van der Waals surface area contributed by atoms with Crippen LogP contribution in [-0.2, 0) is 0 Å². The van der Waals surface area contributed by atoms with Crippen molar-refractivity contribution in [1.29, 1.82) is 0 Å². The summed E-state index contributed by atoms with van der Waals surface area (Å²) < 4.78 is 5.99. The SMILES string of the molecule is Cc1ccc(-c2cnc(-c3ccccc3C(=O)N3CCC(CN)C3)o2)cc1.Cl. The molecule has 0 saturated carbocycles. The second-order valence-corrected chi connectivity index (χ2v) is 7.08. The fourth-order valence-electron chi connectivity index (χ4n) is 3.49. The van der Waals surface area contributed by atoms with Crippen molar-refractivity contribution in [2.45, 2.75) is 13.3 Å². The molecule has 2 aromatic carbocycles. The summed E-state index contributed by atoms with van der Waals surface area (Å²) in [4.78, 5) is 19.3. The first kappa shape index (κ1) is 20.1. The third-order valence-electron chi connectivity index (χ3n) is 5.14. The molecular weight excluding hydrogens is 374 g/mol. The Labute approximate surface area is 171 Å². The van der Waals surface area contributed by atoms with Gasteiger partial charge in [0, 0.05) is 24.2 Å². The van der Waals surface area contributed by atoms with Crippen LogP contribution in [0.5, 0.6) is 0 Å². The highest BCUT2D eigenvalue weighted by molar-refractivity contribution is 6.00. The number of halogens is 1. The summed E-state index contributed by atoms with van der Waals surface area (Å²) in [6.45, 7) is 4.12. The quantitative estimate of drug-likeness (QED) is 0.717. The molecule has 1 aliphatic heterocycles. The van der Waals surface area contributed by atoms with Crippen LogP contribution in [0.25, 0.3) is 22.8 Å². The number of aromatic nitrogens is 1. The predicted octanol–water partition coefficient (Wildman–Crippen LogP) is 4.16. The number of carbonyl (C=O) groups is 1. The van der Waals surface area contributed by atoms with Crippen molar-refractivity contribution < 1.29 is 9.21 Å². The molecule has 28 heavy (non-hydrogen) atoms. The Bertz CT molecular complexity index is 952. The number of nitrogens with two attached hydrogens (primary N) is 1. The highest BCUT2D eigenvalue weighted by Crippen LogP contribution is 2.30. The van der Waals surface area contributed by atoms with E-state index in [0.717, 1.165) is 24.1 Å². The maximum absolute atomic E-state index is 13.0. The van der Waals surface area contributed by atoms with Crippen LogP contribution >= 0.6 is 12.4 Å².